The second-order valence-corrected chi connectivity index (χ2v) is 4.33. The number of nitrogen functional groups attached to an aromatic ring is 1. The van der Waals surface area contributed by atoms with Gasteiger partial charge in [0, 0.05) is 16.3 Å². The molecular formula is C14H14ClNO. The lowest BCUT2D eigenvalue weighted by molar-refractivity contribution is 0.305. The second kappa shape index (κ2) is 5.11. The summed E-state index contributed by atoms with van der Waals surface area (Å²) in [5.41, 5.74) is 8.56. The van der Waals surface area contributed by atoms with Gasteiger partial charge in [-0.1, -0.05) is 29.8 Å². The summed E-state index contributed by atoms with van der Waals surface area (Å²) in [6.45, 7) is 2.44. The van der Waals surface area contributed by atoms with Gasteiger partial charge < -0.3 is 10.5 Å². The van der Waals surface area contributed by atoms with E-state index in [1.807, 2.05) is 37.3 Å². The third-order valence-electron chi connectivity index (χ3n) is 2.58. The molecule has 0 spiro atoms. The summed E-state index contributed by atoms with van der Waals surface area (Å²) in [5, 5.41) is 0.669. The minimum Gasteiger partial charge on any atom is -0.489 e. The predicted octanol–water partition coefficient (Wildman–Crippen LogP) is 3.81. The predicted molar refractivity (Wildman–Crippen MR) is 71.4 cm³/mol. The van der Waals surface area contributed by atoms with Crippen LogP contribution in [-0.4, -0.2) is 0 Å². The second-order valence-electron chi connectivity index (χ2n) is 3.90. The molecule has 0 amide bonds. The van der Waals surface area contributed by atoms with Crippen molar-refractivity contribution in [3.05, 3.63) is 58.6 Å². The summed E-state index contributed by atoms with van der Waals surface area (Å²) in [7, 11) is 0. The van der Waals surface area contributed by atoms with Gasteiger partial charge in [-0.2, -0.15) is 0 Å². The normalized spacial score (nSPS) is 10.2. The van der Waals surface area contributed by atoms with Gasteiger partial charge in [0.1, 0.15) is 12.4 Å². The Kier molecular flexibility index (Phi) is 3.55. The Morgan fingerprint density at radius 2 is 1.94 bits per heavy atom. The Morgan fingerprint density at radius 1 is 1.18 bits per heavy atom. The molecule has 0 atom stereocenters. The average Bonchev–Trinajstić information content (AvgIpc) is 2.32. The third kappa shape index (κ3) is 2.92. The van der Waals surface area contributed by atoms with E-state index in [4.69, 9.17) is 22.1 Å². The van der Waals surface area contributed by atoms with Gasteiger partial charge in [-0.15, -0.1) is 0 Å². The number of hydrogen-bond acceptors (Lipinski definition) is 2. The monoisotopic (exact) mass is 247 g/mol. The van der Waals surface area contributed by atoms with E-state index in [0.29, 0.717) is 17.3 Å². The molecule has 0 fully saturated rings. The van der Waals surface area contributed by atoms with Crippen LogP contribution in [0.2, 0.25) is 5.02 Å². The van der Waals surface area contributed by atoms with Crippen molar-refractivity contribution >= 4 is 17.3 Å². The summed E-state index contributed by atoms with van der Waals surface area (Å²) in [4.78, 5) is 0. The Morgan fingerprint density at radius 3 is 2.71 bits per heavy atom. The molecule has 0 aliphatic heterocycles. The molecule has 0 unspecified atom stereocenters. The first-order valence-electron chi connectivity index (χ1n) is 5.39. The molecule has 88 valence electrons. The van der Waals surface area contributed by atoms with Crippen molar-refractivity contribution in [2.45, 2.75) is 13.5 Å². The zero-order chi connectivity index (χ0) is 12.3. The molecule has 0 aliphatic rings. The van der Waals surface area contributed by atoms with Crippen LogP contribution in [0.4, 0.5) is 5.69 Å². The Labute approximate surface area is 106 Å². The van der Waals surface area contributed by atoms with Gasteiger partial charge in [0.2, 0.25) is 0 Å². The fourth-order valence-corrected chi connectivity index (χ4v) is 1.77. The quantitative estimate of drug-likeness (QED) is 0.837. The van der Waals surface area contributed by atoms with Crippen molar-refractivity contribution in [2.24, 2.45) is 0 Å². The van der Waals surface area contributed by atoms with Gasteiger partial charge in [-0.25, -0.2) is 0 Å². The van der Waals surface area contributed by atoms with Crippen molar-refractivity contribution in [1.82, 2.24) is 0 Å². The summed E-state index contributed by atoms with van der Waals surface area (Å²) in [6.07, 6.45) is 0. The highest BCUT2D eigenvalue weighted by molar-refractivity contribution is 6.30. The van der Waals surface area contributed by atoms with E-state index in [1.54, 1.807) is 12.1 Å². The maximum atomic E-state index is 5.92. The Hall–Kier alpha value is -1.67. The molecule has 2 aromatic carbocycles. The Bertz CT molecular complexity index is 525. The van der Waals surface area contributed by atoms with Gasteiger partial charge in [0.25, 0.3) is 0 Å². The lowest BCUT2D eigenvalue weighted by atomic mass is 10.2. The first-order chi connectivity index (χ1) is 8.16. The molecule has 0 bridgehead atoms. The van der Waals surface area contributed by atoms with E-state index in [1.165, 1.54) is 0 Å². The van der Waals surface area contributed by atoms with Crippen LogP contribution in [-0.2, 0) is 6.61 Å². The number of benzene rings is 2. The molecule has 17 heavy (non-hydrogen) atoms. The van der Waals surface area contributed by atoms with Gasteiger partial charge in [0.05, 0.1) is 0 Å². The lowest BCUT2D eigenvalue weighted by Crippen LogP contribution is -2.00. The van der Waals surface area contributed by atoms with Crippen molar-refractivity contribution in [1.29, 1.82) is 0 Å². The molecule has 0 aromatic heterocycles. The topological polar surface area (TPSA) is 35.2 Å². The van der Waals surface area contributed by atoms with Gasteiger partial charge >= 0.3 is 0 Å². The first-order valence-corrected chi connectivity index (χ1v) is 5.77. The van der Waals surface area contributed by atoms with E-state index in [-0.39, 0.29) is 0 Å². The minimum atomic E-state index is 0.428. The number of anilines is 1. The van der Waals surface area contributed by atoms with E-state index in [2.05, 4.69) is 0 Å². The number of para-hydroxylation sites is 1. The van der Waals surface area contributed by atoms with Crippen molar-refractivity contribution in [2.75, 3.05) is 5.73 Å². The zero-order valence-corrected chi connectivity index (χ0v) is 10.4. The van der Waals surface area contributed by atoms with Crippen LogP contribution in [0.25, 0.3) is 0 Å². The van der Waals surface area contributed by atoms with Crippen molar-refractivity contribution < 1.29 is 4.74 Å². The van der Waals surface area contributed by atoms with Crippen LogP contribution in [0.3, 0.4) is 0 Å². The molecular weight excluding hydrogens is 234 g/mol. The van der Waals surface area contributed by atoms with Crippen LogP contribution >= 0.6 is 11.6 Å². The maximum Gasteiger partial charge on any atom is 0.122 e. The van der Waals surface area contributed by atoms with Crippen LogP contribution in [0.5, 0.6) is 5.75 Å². The van der Waals surface area contributed by atoms with Gasteiger partial charge in [-0.05, 0) is 36.8 Å². The van der Waals surface area contributed by atoms with E-state index < -0.39 is 0 Å². The summed E-state index contributed by atoms with van der Waals surface area (Å²) >= 11 is 5.92. The largest absolute Gasteiger partial charge is 0.489 e. The molecule has 0 aliphatic carbocycles. The fourth-order valence-electron chi connectivity index (χ4n) is 1.57. The number of rotatable bonds is 3. The lowest BCUT2D eigenvalue weighted by Gasteiger charge is -2.10. The summed E-state index contributed by atoms with van der Waals surface area (Å²) in [5.74, 6) is 0.867. The molecule has 2 rings (SSSR count). The van der Waals surface area contributed by atoms with Crippen molar-refractivity contribution in [3.63, 3.8) is 0 Å². The SMILES string of the molecule is Cc1ccccc1OCc1cc(Cl)ccc1N. The van der Waals surface area contributed by atoms with E-state index >= 15 is 0 Å². The van der Waals surface area contributed by atoms with Gasteiger partial charge in [0.15, 0.2) is 0 Å². The molecule has 2 N–H and O–H groups in total. The first kappa shape index (κ1) is 11.8. The Balaban J connectivity index is 2.12. The average molecular weight is 248 g/mol. The molecule has 0 radical (unpaired) electrons. The number of hydrogen-bond donors (Lipinski definition) is 1. The molecule has 3 heteroatoms. The van der Waals surface area contributed by atoms with Crippen LogP contribution in [0.15, 0.2) is 42.5 Å². The van der Waals surface area contributed by atoms with E-state index in [9.17, 15) is 0 Å². The molecule has 0 saturated heterocycles. The summed E-state index contributed by atoms with van der Waals surface area (Å²) in [6, 6.07) is 13.3. The minimum absolute atomic E-state index is 0.428. The number of nitrogens with two attached hydrogens (primary N) is 1. The number of ether oxygens (including phenoxy) is 1. The highest BCUT2D eigenvalue weighted by Gasteiger charge is 2.03. The molecule has 0 saturated carbocycles. The van der Waals surface area contributed by atoms with Crippen molar-refractivity contribution in [3.8, 4) is 5.75 Å². The maximum absolute atomic E-state index is 5.92. The standard InChI is InChI=1S/C14H14ClNO/c1-10-4-2-3-5-14(10)17-9-11-8-12(15)6-7-13(11)16/h2-8H,9,16H2,1H3. The zero-order valence-electron chi connectivity index (χ0n) is 9.61. The smallest absolute Gasteiger partial charge is 0.122 e. The van der Waals surface area contributed by atoms with Crippen LogP contribution in [0.1, 0.15) is 11.1 Å². The highest BCUT2D eigenvalue weighted by atomic mass is 35.5. The van der Waals surface area contributed by atoms with Gasteiger partial charge in [-0.3, -0.25) is 0 Å². The third-order valence-corrected chi connectivity index (χ3v) is 2.82. The number of aryl methyl sites for hydroxylation is 1. The van der Waals surface area contributed by atoms with E-state index in [0.717, 1.165) is 16.9 Å². The van der Waals surface area contributed by atoms with Crippen LogP contribution < -0.4 is 10.5 Å². The number of halogens is 1. The molecule has 0 heterocycles. The molecule has 2 aromatic rings. The van der Waals surface area contributed by atoms with Crippen LogP contribution in [0, 0.1) is 6.92 Å². The molecule has 2 nitrogen and oxygen atoms in total. The summed E-state index contributed by atoms with van der Waals surface area (Å²) < 4.78 is 5.72. The highest BCUT2D eigenvalue weighted by Crippen LogP contribution is 2.22. The fraction of sp³-hybridized carbons (Fsp3) is 0.143.